The number of hydrogen-bond acceptors (Lipinski definition) is 5. The van der Waals surface area contributed by atoms with Gasteiger partial charge in [-0.25, -0.2) is 0 Å². The van der Waals surface area contributed by atoms with Crippen LogP contribution in [0.25, 0.3) is 0 Å². The minimum absolute atomic E-state index is 0. The fourth-order valence-electron chi connectivity index (χ4n) is 1.09. The maximum absolute atomic E-state index is 11.4. The molecule has 0 aliphatic heterocycles. The van der Waals surface area contributed by atoms with Gasteiger partial charge in [0.2, 0.25) is 0 Å². The quantitative estimate of drug-likeness (QED) is 0.344. The number of carboxylic acid groups (broad SMARTS) is 1. The number of carbonyl (C=O) groups is 3. The Labute approximate surface area is 146 Å². The summed E-state index contributed by atoms with van der Waals surface area (Å²) in [5, 5.41) is 12.3. The molecule has 18 heavy (non-hydrogen) atoms. The number of esters is 1. The van der Waals surface area contributed by atoms with E-state index < -0.39 is 24.4 Å². The Morgan fingerprint density at radius 2 is 1.78 bits per heavy atom. The van der Waals surface area contributed by atoms with Gasteiger partial charge in [-0.3, -0.25) is 9.59 Å². The number of nitrogens with one attached hydrogen (secondary N) is 1. The Morgan fingerprint density at radius 1 is 1.22 bits per heavy atom. The zero-order valence-corrected chi connectivity index (χ0v) is 13.2. The molecule has 1 amide bonds. The van der Waals surface area contributed by atoms with Crippen LogP contribution < -0.4 is 66.5 Å². The van der Waals surface area contributed by atoms with Crippen molar-refractivity contribution in [3.8, 4) is 5.75 Å². The number of carboxylic acids is 1. The maximum atomic E-state index is 11.4. The summed E-state index contributed by atoms with van der Waals surface area (Å²) in [6, 6.07) is 5.72. The Kier molecular flexibility index (Phi) is 8.04. The first kappa shape index (κ1) is 17.3. The van der Waals surface area contributed by atoms with Crippen molar-refractivity contribution < 1.29 is 75.6 Å². The Balaban J connectivity index is 0.00000289. The minimum Gasteiger partial charge on any atom is -0.548 e. The maximum Gasteiger partial charge on any atom is 1.00 e. The first-order valence-electron chi connectivity index (χ1n) is 4.75. The number of aliphatic carboxylic acids is 1. The van der Waals surface area contributed by atoms with Gasteiger partial charge in [0.05, 0.1) is 12.5 Å². The van der Waals surface area contributed by atoms with Crippen LogP contribution in [0.2, 0.25) is 0 Å². The number of amides is 1. The number of hydrogen-bond donors (Lipinski definition) is 1. The molecule has 0 aromatic heterocycles. The molecular weight excluding hydrogens is 265 g/mol. The van der Waals surface area contributed by atoms with E-state index in [1.54, 1.807) is 0 Å². The van der Waals surface area contributed by atoms with Gasteiger partial charge in [0.25, 0.3) is 5.91 Å². The third-order valence-corrected chi connectivity index (χ3v) is 1.77. The van der Waals surface area contributed by atoms with Crippen LogP contribution >= 0.6 is 0 Å². The summed E-state index contributed by atoms with van der Waals surface area (Å²) >= 11 is 0. The van der Waals surface area contributed by atoms with Gasteiger partial charge < -0.3 is 20.0 Å². The SMILES string of the molecule is CC(=O)Oc1ccc(C(=O)NCC(=O)[O-])cc1.[K+]. The smallest absolute Gasteiger partial charge is 0.548 e. The van der Waals surface area contributed by atoms with E-state index in [1.165, 1.54) is 31.2 Å². The second-order valence-corrected chi connectivity index (χ2v) is 3.17. The van der Waals surface area contributed by atoms with Crippen LogP contribution in [0.5, 0.6) is 5.75 Å². The van der Waals surface area contributed by atoms with Crippen LogP contribution in [0, 0.1) is 0 Å². The van der Waals surface area contributed by atoms with Crippen molar-refractivity contribution in [3.63, 3.8) is 0 Å². The molecule has 1 rings (SSSR count). The van der Waals surface area contributed by atoms with Crippen LogP contribution in [0.3, 0.4) is 0 Å². The molecule has 0 bridgehead atoms. The summed E-state index contributed by atoms with van der Waals surface area (Å²) in [4.78, 5) is 32.1. The van der Waals surface area contributed by atoms with Gasteiger partial charge in [-0.05, 0) is 24.3 Å². The summed E-state index contributed by atoms with van der Waals surface area (Å²) in [6.45, 7) is 0.713. The van der Waals surface area contributed by atoms with E-state index in [9.17, 15) is 19.5 Å². The van der Waals surface area contributed by atoms with E-state index in [0.717, 1.165) is 0 Å². The van der Waals surface area contributed by atoms with Crippen molar-refractivity contribution in [1.82, 2.24) is 5.32 Å². The molecule has 0 fully saturated rings. The molecular formula is C11H10KNO5. The van der Waals surface area contributed by atoms with Gasteiger partial charge in [0.1, 0.15) is 5.75 Å². The van der Waals surface area contributed by atoms with Crippen molar-refractivity contribution >= 4 is 17.8 Å². The number of carbonyl (C=O) groups excluding carboxylic acids is 3. The van der Waals surface area contributed by atoms with Gasteiger partial charge in [0, 0.05) is 12.5 Å². The molecule has 0 saturated heterocycles. The minimum atomic E-state index is -1.37. The molecule has 0 saturated carbocycles. The molecule has 7 heteroatoms. The van der Waals surface area contributed by atoms with Gasteiger partial charge in [-0.2, -0.15) is 0 Å². The van der Waals surface area contributed by atoms with E-state index in [-0.39, 0.29) is 56.9 Å². The van der Waals surface area contributed by atoms with Crippen LogP contribution in [-0.4, -0.2) is 24.4 Å². The largest absolute Gasteiger partial charge is 1.00 e. The molecule has 0 aliphatic rings. The van der Waals surface area contributed by atoms with Gasteiger partial charge in [0.15, 0.2) is 0 Å². The first-order chi connectivity index (χ1) is 7.99. The summed E-state index contributed by atoms with van der Waals surface area (Å²) in [7, 11) is 0. The van der Waals surface area contributed by atoms with E-state index in [0.29, 0.717) is 5.75 Å². The molecule has 0 aliphatic carbocycles. The van der Waals surface area contributed by atoms with Crippen LogP contribution in [0.1, 0.15) is 17.3 Å². The van der Waals surface area contributed by atoms with Gasteiger partial charge >= 0.3 is 57.4 Å². The predicted octanol–water partition coefficient (Wildman–Crippen LogP) is -3.90. The summed E-state index contributed by atoms with van der Waals surface area (Å²) in [6.07, 6.45) is 0. The topological polar surface area (TPSA) is 95.5 Å². The average Bonchev–Trinajstić information content (AvgIpc) is 2.26. The fourth-order valence-corrected chi connectivity index (χ4v) is 1.09. The second-order valence-electron chi connectivity index (χ2n) is 3.17. The summed E-state index contributed by atoms with van der Waals surface area (Å²) < 4.78 is 4.77. The van der Waals surface area contributed by atoms with Crippen molar-refractivity contribution in [1.29, 1.82) is 0 Å². The zero-order valence-electron chi connectivity index (χ0n) is 10.1. The van der Waals surface area contributed by atoms with Crippen molar-refractivity contribution in [2.75, 3.05) is 6.54 Å². The molecule has 0 spiro atoms. The van der Waals surface area contributed by atoms with Crippen molar-refractivity contribution in [2.45, 2.75) is 6.92 Å². The van der Waals surface area contributed by atoms with Gasteiger partial charge in [-0.15, -0.1) is 0 Å². The standard InChI is InChI=1S/C11H11NO5.K/c1-7(13)17-9-4-2-8(3-5-9)11(16)12-6-10(14)15;/h2-5H,6H2,1H3,(H,12,16)(H,14,15);/q;+1/p-1. The fraction of sp³-hybridized carbons (Fsp3) is 0.182. The molecule has 0 unspecified atom stereocenters. The third-order valence-electron chi connectivity index (χ3n) is 1.77. The molecule has 1 aromatic carbocycles. The number of ether oxygens (including phenoxy) is 1. The number of benzene rings is 1. The monoisotopic (exact) mass is 275 g/mol. The summed E-state index contributed by atoms with van der Waals surface area (Å²) in [5.74, 6) is -2.05. The molecule has 0 radical (unpaired) electrons. The number of rotatable bonds is 4. The average molecular weight is 275 g/mol. The van der Waals surface area contributed by atoms with E-state index in [2.05, 4.69) is 5.32 Å². The van der Waals surface area contributed by atoms with Crippen LogP contribution in [0.4, 0.5) is 0 Å². The molecule has 0 atom stereocenters. The Hall–Kier alpha value is -0.734. The molecule has 6 nitrogen and oxygen atoms in total. The first-order valence-corrected chi connectivity index (χ1v) is 4.75. The van der Waals surface area contributed by atoms with Crippen molar-refractivity contribution in [3.05, 3.63) is 29.8 Å². The van der Waals surface area contributed by atoms with Gasteiger partial charge in [-0.1, -0.05) is 0 Å². The molecule has 0 heterocycles. The normalized spacial score (nSPS) is 8.94. The predicted molar refractivity (Wildman–Crippen MR) is 55.1 cm³/mol. The molecule has 1 N–H and O–H groups in total. The zero-order chi connectivity index (χ0) is 12.8. The molecule has 90 valence electrons. The summed E-state index contributed by atoms with van der Waals surface area (Å²) in [5.41, 5.74) is 0.266. The van der Waals surface area contributed by atoms with E-state index in [4.69, 9.17) is 4.74 Å². The molecule has 1 aromatic rings. The Morgan fingerprint density at radius 3 is 2.22 bits per heavy atom. The van der Waals surface area contributed by atoms with E-state index >= 15 is 0 Å². The third kappa shape index (κ3) is 6.27. The van der Waals surface area contributed by atoms with Crippen LogP contribution in [0.15, 0.2) is 24.3 Å². The Bertz CT molecular complexity index is 443. The second kappa shape index (κ2) is 8.38. The van der Waals surface area contributed by atoms with Crippen molar-refractivity contribution in [2.24, 2.45) is 0 Å². The van der Waals surface area contributed by atoms with E-state index in [1.807, 2.05) is 0 Å². The van der Waals surface area contributed by atoms with Crippen LogP contribution in [-0.2, 0) is 9.59 Å².